The average molecular weight is 300 g/mol. The van der Waals surface area contributed by atoms with Crippen LogP contribution in [0.2, 0.25) is 5.22 Å². The van der Waals surface area contributed by atoms with E-state index in [4.69, 9.17) is 16.0 Å². The van der Waals surface area contributed by atoms with Gasteiger partial charge in [0.05, 0.1) is 0 Å². The van der Waals surface area contributed by atoms with E-state index in [0.717, 1.165) is 16.5 Å². The van der Waals surface area contributed by atoms with E-state index >= 15 is 0 Å². The van der Waals surface area contributed by atoms with Crippen molar-refractivity contribution in [3.05, 3.63) is 70.4 Å². The molecule has 1 aromatic heterocycles. The number of nitrogens with one attached hydrogen (secondary N) is 1. The van der Waals surface area contributed by atoms with E-state index in [2.05, 4.69) is 43.4 Å². The van der Waals surface area contributed by atoms with Gasteiger partial charge < -0.3 is 9.73 Å². The van der Waals surface area contributed by atoms with Crippen molar-refractivity contribution in [1.29, 1.82) is 0 Å². The molecule has 0 aliphatic rings. The molecule has 1 unspecified atom stereocenters. The van der Waals surface area contributed by atoms with Crippen LogP contribution in [0.1, 0.15) is 29.7 Å². The number of hydrogen-bond donors (Lipinski definition) is 1. The van der Waals surface area contributed by atoms with Gasteiger partial charge in [0.25, 0.3) is 0 Å². The number of hydrogen-bond acceptors (Lipinski definition) is 2. The summed E-state index contributed by atoms with van der Waals surface area (Å²) >= 11 is 6.21. The van der Waals surface area contributed by atoms with Crippen LogP contribution in [-0.2, 0) is 6.54 Å². The minimum absolute atomic E-state index is 0.260. The maximum Gasteiger partial charge on any atom is 0.199 e. The fourth-order valence-corrected chi connectivity index (χ4v) is 2.71. The minimum atomic E-state index is 0.260. The molecule has 1 N–H and O–H groups in total. The Morgan fingerprint density at radius 1 is 1.10 bits per heavy atom. The summed E-state index contributed by atoms with van der Waals surface area (Å²) in [5, 5.41) is 5.06. The molecule has 0 fully saturated rings. The van der Waals surface area contributed by atoms with Gasteiger partial charge >= 0.3 is 0 Å². The molecule has 0 spiro atoms. The first-order chi connectivity index (χ1) is 10.1. The van der Waals surface area contributed by atoms with Crippen molar-refractivity contribution in [1.82, 2.24) is 5.32 Å². The normalized spacial score (nSPS) is 12.7. The molecule has 1 heterocycles. The number of furan rings is 1. The van der Waals surface area contributed by atoms with Crippen molar-refractivity contribution >= 4 is 22.6 Å². The van der Waals surface area contributed by atoms with Crippen LogP contribution in [-0.4, -0.2) is 0 Å². The third-order valence-electron chi connectivity index (χ3n) is 3.81. The topological polar surface area (TPSA) is 25.2 Å². The van der Waals surface area contributed by atoms with Crippen LogP contribution < -0.4 is 5.32 Å². The van der Waals surface area contributed by atoms with Gasteiger partial charge in [0, 0.05) is 23.5 Å². The summed E-state index contributed by atoms with van der Waals surface area (Å²) in [5.41, 5.74) is 4.40. The Morgan fingerprint density at radius 2 is 1.81 bits per heavy atom. The Hall–Kier alpha value is -1.77. The highest BCUT2D eigenvalue weighted by molar-refractivity contribution is 6.30. The molecule has 2 aromatic carbocycles. The van der Waals surface area contributed by atoms with E-state index in [1.54, 1.807) is 0 Å². The predicted molar refractivity (Wildman–Crippen MR) is 87.7 cm³/mol. The summed E-state index contributed by atoms with van der Waals surface area (Å²) in [6.45, 7) is 4.94. The lowest BCUT2D eigenvalue weighted by molar-refractivity contribution is 0.563. The Balaban J connectivity index is 1.77. The zero-order valence-corrected chi connectivity index (χ0v) is 12.9. The molecule has 3 aromatic rings. The Labute approximate surface area is 129 Å². The van der Waals surface area contributed by atoms with E-state index in [9.17, 15) is 0 Å². The average Bonchev–Trinajstić information content (AvgIpc) is 2.81. The molecular weight excluding hydrogens is 282 g/mol. The lowest BCUT2D eigenvalue weighted by Gasteiger charge is -2.14. The van der Waals surface area contributed by atoms with Crippen molar-refractivity contribution in [2.45, 2.75) is 26.4 Å². The predicted octanol–water partition coefficient (Wildman–Crippen LogP) is 5.25. The van der Waals surface area contributed by atoms with Gasteiger partial charge in [-0.25, -0.2) is 0 Å². The van der Waals surface area contributed by atoms with Gasteiger partial charge in [-0.3, -0.25) is 0 Å². The SMILES string of the molecule is Cc1ccc(C(C)NCc2c(Cl)oc3ccccc23)cc1. The third-order valence-corrected chi connectivity index (χ3v) is 4.12. The van der Waals surface area contributed by atoms with E-state index in [-0.39, 0.29) is 6.04 Å². The van der Waals surface area contributed by atoms with Gasteiger partial charge in [-0.2, -0.15) is 0 Å². The molecule has 0 saturated heterocycles. The molecular formula is C18H18ClNO. The summed E-state index contributed by atoms with van der Waals surface area (Å²) in [5.74, 6) is 0. The third kappa shape index (κ3) is 2.97. The van der Waals surface area contributed by atoms with Crippen LogP contribution in [0, 0.1) is 6.92 Å². The van der Waals surface area contributed by atoms with Crippen LogP contribution in [0.25, 0.3) is 11.0 Å². The Bertz CT molecular complexity index is 746. The van der Waals surface area contributed by atoms with E-state index in [0.29, 0.717) is 11.8 Å². The van der Waals surface area contributed by atoms with Crippen molar-refractivity contribution in [2.75, 3.05) is 0 Å². The molecule has 3 rings (SSSR count). The lowest BCUT2D eigenvalue weighted by atomic mass is 10.1. The first kappa shape index (κ1) is 14.2. The standard InChI is InChI=1S/C18H18ClNO/c1-12-7-9-14(10-8-12)13(2)20-11-16-15-5-3-4-6-17(15)21-18(16)19/h3-10,13,20H,11H2,1-2H3. The first-order valence-corrected chi connectivity index (χ1v) is 7.49. The van der Waals surface area contributed by atoms with Gasteiger partial charge in [0.2, 0.25) is 0 Å². The van der Waals surface area contributed by atoms with Crippen LogP contribution in [0.3, 0.4) is 0 Å². The summed E-state index contributed by atoms with van der Waals surface area (Å²) in [4.78, 5) is 0. The van der Waals surface area contributed by atoms with Gasteiger partial charge in [-0.1, -0.05) is 48.0 Å². The highest BCUT2D eigenvalue weighted by atomic mass is 35.5. The Kier molecular flexibility index (Phi) is 4.00. The van der Waals surface area contributed by atoms with Gasteiger partial charge in [0.15, 0.2) is 5.22 Å². The largest absolute Gasteiger partial charge is 0.444 e. The highest BCUT2D eigenvalue weighted by Crippen LogP contribution is 2.29. The Morgan fingerprint density at radius 3 is 2.57 bits per heavy atom. The molecule has 0 saturated carbocycles. The van der Waals surface area contributed by atoms with Crippen molar-refractivity contribution in [2.24, 2.45) is 0 Å². The lowest BCUT2D eigenvalue weighted by Crippen LogP contribution is -2.18. The minimum Gasteiger partial charge on any atom is -0.444 e. The summed E-state index contributed by atoms with van der Waals surface area (Å²) in [6.07, 6.45) is 0. The highest BCUT2D eigenvalue weighted by Gasteiger charge is 2.13. The molecule has 0 radical (unpaired) electrons. The summed E-state index contributed by atoms with van der Waals surface area (Å²) in [6, 6.07) is 16.8. The van der Waals surface area contributed by atoms with Crippen molar-refractivity contribution in [3.63, 3.8) is 0 Å². The van der Waals surface area contributed by atoms with E-state index in [1.807, 2.05) is 24.3 Å². The molecule has 2 nitrogen and oxygen atoms in total. The molecule has 21 heavy (non-hydrogen) atoms. The summed E-state index contributed by atoms with van der Waals surface area (Å²) < 4.78 is 5.58. The molecule has 3 heteroatoms. The number of fused-ring (bicyclic) bond motifs is 1. The van der Waals surface area contributed by atoms with Crippen LogP contribution in [0.15, 0.2) is 52.9 Å². The zero-order valence-electron chi connectivity index (χ0n) is 12.2. The summed E-state index contributed by atoms with van der Waals surface area (Å²) in [7, 11) is 0. The number of para-hydroxylation sites is 1. The van der Waals surface area contributed by atoms with Gasteiger partial charge in [-0.15, -0.1) is 0 Å². The molecule has 0 aliphatic heterocycles. The molecule has 0 bridgehead atoms. The van der Waals surface area contributed by atoms with Crippen molar-refractivity contribution in [3.8, 4) is 0 Å². The van der Waals surface area contributed by atoms with Gasteiger partial charge in [0.1, 0.15) is 5.58 Å². The van der Waals surface area contributed by atoms with Crippen LogP contribution in [0.4, 0.5) is 0 Å². The van der Waals surface area contributed by atoms with Crippen molar-refractivity contribution < 1.29 is 4.42 Å². The fraction of sp³-hybridized carbons (Fsp3) is 0.222. The van der Waals surface area contributed by atoms with Gasteiger partial charge in [-0.05, 0) is 37.1 Å². The number of halogens is 1. The number of aryl methyl sites for hydroxylation is 1. The van der Waals surface area contributed by atoms with E-state index < -0.39 is 0 Å². The smallest absolute Gasteiger partial charge is 0.199 e. The number of rotatable bonds is 4. The molecule has 108 valence electrons. The first-order valence-electron chi connectivity index (χ1n) is 7.11. The maximum atomic E-state index is 6.21. The van der Waals surface area contributed by atoms with E-state index in [1.165, 1.54) is 11.1 Å². The number of benzene rings is 2. The van der Waals surface area contributed by atoms with Crippen LogP contribution >= 0.6 is 11.6 Å². The molecule has 0 aliphatic carbocycles. The molecule has 0 amide bonds. The second-order valence-electron chi connectivity index (χ2n) is 5.36. The second-order valence-corrected chi connectivity index (χ2v) is 5.71. The second kappa shape index (κ2) is 5.92. The molecule has 1 atom stereocenters. The maximum absolute atomic E-state index is 6.21. The fourth-order valence-electron chi connectivity index (χ4n) is 2.46. The zero-order chi connectivity index (χ0) is 14.8. The monoisotopic (exact) mass is 299 g/mol. The van der Waals surface area contributed by atoms with Crippen LogP contribution in [0.5, 0.6) is 0 Å². The quantitative estimate of drug-likeness (QED) is 0.712.